The van der Waals surface area contributed by atoms with E-state index in [1.807, 2.05) is 6.07 Å². The fourth-order valence-electron chi connectivity index (χ4n) is 1.49. The van der Waals surface area contributed by atoms with Gasteiger partial charge in [-0.05, 0) is 12.1 Å². The molecule has 1 heterocycles. The van der Waals surface area contributed by atoms with Crippen LogP contribution in [0.15, 0.2) is 41.0 Å². The van der Waals surface area contributed by atoms with E-state index in [0.29, 0.717) is 10.9 Å². The largest absolute Gasteiger partial charge is 0.508 e. The van der Waals surface area contributed by atoms with E-state index in [1.165, 1.54) is 30.1 Å². The molecule has 0 fully saturated rings. The van der Waals surface area contributed by atoms with Crippen molar-refractivity contribution in [1.82, 2.24) is 5.32 Å². The summed E-state index contributed by atoms with van der Waals surface area (Å²) in [5, 5.41) is 24.4. The summed E-state index contributed by atoms with van der Waals surface area (Å²) < 4.78 is 0. The zero-order chi connectivity index (χ0) is 14.4. The molecule has 1 aliphatic rings. The molecule has 0 radical (unpaired) electrons. The van der Waals surface area contributed by atoms with Crippen molar-refractivity contribution in [2.24, 2.45) is 4.99 Å². The van der Waals surface area contributed by atoms with Crippen molar-refractivity contribution >= 4 is 28.5 Å². The molecule has 6 nitrogen and oxygen atoms in total. The number of aliphatic imine (C=N–C) groups is 1. The molecule has 20 heavy (non-hydrogen) atoms. The van der Waals surface area contributed by atoms with Crippen LogP contribution in [0.3, 0.4) is 0 Å². The number of phenolic OH excluding ortho intramolecular Hbond substituents is 1. The second kappa shape index (κ2) is 6.63. The zero-order valence-electron chi connectivity index (χ0n) is 10.5. The lowest BCUT2D eigenvalue weighted by molar-refractivity contribution is -0.112. The Hall–Kier alpha value is -2.46. The molecule has 1 aliphatic heterocycles. The van der Waals surface area contributed by atoms with Gasteiger partial charge in [0.1, 0.15) is 17.4 Å². The molecule has 0 saturated heterocycles. The highest BCUT2D eigenvalue weighted by molar-refractivity contribution is 8.14. The first-order valence-electron chi connectivity index (χ1n) is 5.83. The van der Waals surface area contributed by atoms with Gasteiger partial charge in [-0.15, -0.1) is 0 Å². The fraction of sp³-hybridized carbons (Fsp3) is 0.154. The second-order valence-electron chi connectivity index (χ2n) is 3.85. The van der Waals surface area contributed by atoms with E-state index in [2.05, 4.69) is 15.6 Å². The molecular formula is C13H12N4O2S. The normalized spacial score (nSPS) is 14.3. The third-order valence-corrected chi connectivity index (χ3v) is 3.30. The minimum Gasteiger partial charge on any atom is -0.508 e. The van der Waals surface area contributed by atoms with Gasteiger partial charge < -0.3 is 15.7 Å². The lowest BCUT2D eigenvalue weighted by atomic mass is 10.2. The van der Waals surface area contributed by atoms with Crippen molar-refractivity contribution in [3.05, 3.63) is 36.0 Å². The van der Waals surface area contributed by atoms with Crippen LogP contribution in [0.1, 0.15) is 0 Å². The topological polar surface area (TPSA) is 97.5 Å². The summed E-state index contributed by atoms with van der Waals surface area (Å²) in [5.74, 6) is 0.391. The molecule has 7 heteroatoms. The lowest BCUT2D eigenvalue weighted by Crippen LogP contribution is -2.18. The number of carbonyl (C=O) groups excluding carboxylic acids is 1. The van der Waals surface area contributed by atoms with E-state index in [9.17, 15) is 9.90 Å². The monoisotopic (exact) mass is 288 g/mol. The van der Waals surface area contributed by atoms with Gasteiger partial charge in [-0.3, -0.25) is 9.79 Å². The zero-order valence-corrected chi connectivity index (χ0v) is 11.3. The van der Waals surface area contributed by atoms with Crippen LogP contribution in [0.2, 0.25) is 0 Å². The quantitative estimate of drug-likeness (QED) is 0.577. The highest BCUT2D eigenvalue weighted by Gasteiger charge is 2.11. The highest BCUT2D eigenvalue weighted by Crippen LogP contribution is 2.16. The van der Waals surface area contributed by atoms with Gasteiger partial charge in [0, 0.05) is 23.7 Å². The lowest BCUT2D eigenvalue weighted by Gasteiger charge is -2.05. The van der Waals surface area contributed by atoms with Crippen molar-refractivity contribution in [3.8, 4) is 11.8 Å². The number of phenols is 1. The van der Waals surface area contributed by atoms with E-state index in [-0.39, 0.29) is 11.3 Å². The van der Waals surface area contributed by atoms with Crippen LogP contribution in [0.25, 0.3) is 0 Å². The van der Waals surface area contributed by atoms with Gasteiger partial charge in [0.15, 0.2) is 5.17 Å². The van der Waals surface area contributed by atoms with Crippen molar-refractivity contribution in [1.29, 1.82) is 5.26 Å². The number of rotatable bonds is 3. The smallest absolute Gasteiger partial charge is 0.267 e. The summed E-state index contributed by atoms with van der Waals surface area (Å²) in [6.45, 7) is 0.734. The van der Waals surface area contributed by atoms with Gasteiger partial charge in [-0.2, -0.15) is 5.26 Å². The Labute approximate surface area is 120 Å². The molecule has 0 saturated carbocycles. The van der Waals surface area contributed by atoms with Gasteiger partial charge >= 0.3 is 0 Å². The standard InChI is InChI=1S/C13H12N4O2S/c14-7-9(8-16-13-15-4-5-20-13)12(19)17-10-2-1-3-11(18)6-10/h1-3,6,8,18H,4-5H2,(H,15,16)(H,17,19)/b9-8-. The Morgan fingerprint density at radius 2 is 2.40 bits per heavy atom. The Bertz CT molecular complexity index is 619. The van der Waals surface area contributed by atoms with Crippen molar-refractivity contribution in [3.63, 3.8) is 0 Å². The number of hydrogen-bond acceptors (Lipinski definition) is 6. The number of anilines is 1. The number of carbonyl (C=O) groups is 1. The molecule has 0 unspecified atom stereocenters. The summed E-state index contributed by atoms with van der Waals surface area (Å²) in [7, 11) is 0. The number of thioether (sulfide) groups is 1. The van der Waals surface area contributed by atoms with Crippen LogP contribution >= 0.6 is 11.8 Å². The molecule has 2 rings (SSSR count). The van der Waals surface area contributed by atoms with Gasteiger partial charge in [0.05, 0.1) is 6.54 Å². The van der Waals surface area contributed by atoms with Crippen molar-refractivity contribution in [2.75, 3.05) is 17.6 Å². The molecule has 1 aromatic carbocycles. The fourth-order valence-corrected chi connectivity index (χ4v) is 2.19. The molecule has 0 bridgehead atoms. The van der Waals surface area contributed by atoms with Crippen LogP contribution in [0, 0.1) is 11.3 Å². The first kappa shape index (κ1) is 14.0. The van der Waals surface area contributed by atoms with Crippen LogP contribution in [0.5, 0.6) is 5.75 Å². The second-order valence-corrected chi connectivity index (χ2v) is 4.94. The van der Waals surface area contributed by atoms with Crippen molar-refractivity contribution in [2.45, 2.75) is 0 Å². The van der Waals surface area contributed by atoms with E-state index in [4.69, 9.17) is 5.26 Å². The van der Waals surface area contributed by atoms with Crippen LogP contribution < -0.4 is 10.6 Å². The molecule has 0 spiro atoms. The number of hydrogen-bond donors (Lipinski definition) is 3. The van der Waals surface area contributed by atoms with Gasteiger partial charge in [-0.1, -0.05) is 17.8 Å². The maximum Gasteiger partial charge on any atom is 0.267 e. The summed E-state index contributed by atoms with van der Waals surface area (Å²) in [6, 6.07) is 7.94. The number of amidine groups is 1. The maximum absolute atomic E-state index is 11.9. The predicted molar refractivity (Wildman–Crippen MR) is 78.3 cm³/mol. The summed E-state index contributed by atoms with van der Waals surface area (Å²) in [5.41, 5.74) is 0.354. The molecule has 1 amide bonds. The van der Waals surface area contributed by atoms with Gasteiger partial charge in [0.25, 0.3) is 5.91 Å². The third-order valence-electron chi connectivity index (χ3n) is 2.39. The molecule has 0 aromatic heterocycles. The van der Waals surface area contributed by atoms with Gasteiger partial charge in [0.2, 0.25) is 0 Å². The molecule has 102 valence electrons. The van der Waals surface area contributed by atoms with Crippen LogP contribution in [0.4, 0.5) is 5.69 Å². The van der Waals surface area contributed by atoms with Crippen LogP contribution in [-0.4, -0.2) is 28.5 Å². The number of aromatic hydroxyl groups is 1. The minimum atomic E-state index is -0.547. The predicted octanol–water partition coefficient (Wildman–Crippen LogP) is 1.43. The summed E-state index contributed by atoms with van der Waals surface area (Å²) >= 11 is 1.53. The van der Waals surface area contributed by atoms with E-state index in [0.717, 1.165) is 12.3 Å². The minimum absolute atomic E-state index is 0.0418. The first-order valence-corrected chi connectivity index (χ1v) is 6.82. The Balaban J connectivity index is 2.02. The number of benzene rings is 1. The number of nitrogens with one attached hydrogen (secondary N) is 2. The number of nitriles is 1. The Morgan fingerprint density at radius 1 is 1.55 bits per heavy atom. The average molecular weight is 288 g/mol. The van der Waals surface area contributed by atoms with Crippen molar-refractivity contribution < 1.29 is 9.90 Å². The van der Waals surface area contributed by atoms with Crippen LogP contribution in [-0.2, 0) is 4.79 Å². The summed E-state index contributed by atoms with van der Waals surface area (Å²) in [4.78, 5) is 16.0. The third kappa shape index (κ3) is 3.76. The molecule has 3 N–H and O–H groups in total. The Kier molecular flexibility index (Phi) is 4.63. The highest BCUT2D eigenvalue weighted by atomic mass is 32.2. The van der Waals surface area contributed by atoms with E-state index < -0.39 is 5.91 Å². The Morgan fingerprint density at radius 3 is 3.05 bits per heavy atom. The number of nitrogens with zero attached hydrogens (tertiary/aromatic N) is 2. The SMILES string of the molecule is N#C/C(=C/NC1=NCCS1)C(=O)Nc1cccc(O)c1. The number of amides is 1. The van der Waals surface area contributed by atoms with E-state index in [1.54, 1.807) is 12.1 Å². The first-order chi connectivity index (χ1) is 9.69. The average Bonchev–Trinajstić information content (AvgIpc) is 2.92. The molecular weight excluding hydrogens is 276 g/mol. The molecule has 0 aliphatic carbocycles. The molecule has 0 atom stereocenters. The van der Waals surface area contributed by atoms with Gasteiger partial charge in [-0.25, -0.2) is 0 Å². The summed E-state index contributed by atoms with van der Waals surface area (Å²) in [6.07, 6.45) is 1.33. The molecule has 1 aromatic rings. The van der Waals surface area contributed by atoms with E-state index >= 15 is 0 Å². The maximum atomic E-state index is 11.9.